The predicted octanol–water partition coefficient (Wildman–Crippen LogP) is 2.15. The van der Waals surface area contributed by atoms with Crippen LogP contribution in [0.1, 0.15) is 30.9 Å². The minimum atomic E-state index is 0.287. The molecule has 1 atom stereocenters. The molecule has 0 aromatic heterocycles. The minimum absolute atomic E-state index is 0.287. The van der Waals surface area contributed by atoms with Crippen molar-refractivity contribution in [1.82, 2.24) is 10.2 Å². The zero-order valence-electron chi connectivity index (χ0n) is 12.1. The van der Waals surface area contributed by atoms with E-state index in [2.05, 4.69) is 10.2 Å². The Morgan fingerprint density at radius 2 is 2.15 bits per heavy atom. The van der Waals surface area contributed by atoms with Crippen molar-refractivity contribution in [3.63, 3.8) is 0 Å². The van der Waals surface area contributed by atoms with Gasteiger partial charge in [0, 0.05) is 11.6 Å². The lowest BCUT2D eigenvalue weighted by atomic mass is 9.92. The summed E-state index contributed by atoms with van der Waals surface area (Å²) in [4.78, 5) is 2.54. The van der Waals surface area contributed by atoms with E-state index in [9.17, 15) is 5.11 Å². The molecule has 2 aliphatic heterocycles. The largest absolute Gasteiger partial charge is 0.508 e. The van der Waals surface area contributed by atoms with Crippen molar-refractivity contribution in [2.75, 3.05) is 33.3 Å². The van der Waals surface area contributed by atoms with Crippen LogP contribution in [-0.2, 0) is 0 Å². The lowest BCUT2D eigenvalue weighted by Crippen LogP contribution is -2.38. The van der Waals surface area contributed by atoms with Gasteiger partial charge in [0.2, 0.25) is 0 Å². The summed E-state index contributed by atoms with van der Waals surface area (Å²) in [6, 6.07) is 5.88. The Hall–Kier alpha value is -1.26. The summed E-state index contributed by atoms with van der Waals surface area (Å²) in [6.45, 7) is 4.16. The monoisotopic (exact) mass is 276 g/mol. The van der Waals surface area contributed by atoms with Crippen molar-refractivity contribution in [2.24, 2.45) is 5.92 Å². The van der Waals surface area contributed by atoms with E-state index >= 15 is 0 Å². The number of hydrogen-bond donors (Lipinski definition) is 2. The van der Waals surface area contributed by atoms with Gasteiger partial charge >= 0.3 is 0 Å². The van der Waals surface area contributed by atoms with Gasteiger partial charge in [0.05, 0.1) is 6.04 Å². The highest BCUT2D eigenvalue weighted by Gasteiger charge is 2.32. The van der Waals surface area contributed by atoms with E-state index in [-0.39, 0.29) is 5.75 Å². The molecule has 0 saturated carbocycles. The summed E-state index contributed by atoms with van der Waals surface area (Å²) >= 11 is 0. The van der Waals surface area contributed by atoms with Gasteiger partial charge in [-0.1, -0.05) is 0 Å². The average Bonchev–Trinajstić information content (AvgIpc) is 2.88. The Kier molecular flexibility index (Phi) is 4.13. The molecule has 2 aliphatic rings. The lowest BCUT2D eigenvalue weighted by Gasteiger charge is -2.35. The average molecular weight is 276 g/mol. The molecule has 4 heteroatoms. The molecule has 1 aromatic rings. The van der Waals surface area contributed by atoms with Crippen molar-refractivity contribution in [2.45, 2.75) is 25.3 Å². The molecule has 0 amide bonds. The van der Waals surface area contributed by atoms with E-state index in [1.165, 1.54) is 24.8 Å². The summed E-state index contributed by atoms with van der Waals surface area (Å²) in [5.41, 5.74) is 1.23. The number of fused-ring (bicyclic) bond motifs is 1. The number of nitrogens with one attached hydrogen (secondary N) is 1. The Morgan fingerprint density at radius 3 is 2.90 bits per heavy atom. The molecule has 1 unspecified atom stereocenters. The lowest BCUT2D eigenvalue weighted by molar-refractivity contribution is 0.111. The molecule has 0 radical (unpaired) electrons. The Morgan fingerprint density at radius 1 is 1.35 bits per heavy atom. The molecule has 2 N–H and O–H groups in total. The van der Waals surface area contributed by atoms with Crippen LogP contribution >= 0.6 is 0 Å². The molecule has 0 aliphatic carbocycles. The van der Waals surface area contributed by atoms with Gasteiger partial charge in [0.15, 0.2) is 0 Å². The van der Waals surface area contributed by atoms with Gasteiger partial charge in [0.1, 0.15) is 18.1 Å². The van der Waals surface area contributed by atoms with Crippen LogP contribution in [0.3, 0.4) is 0 Å². The summed E-state index contributed by atoms with van der Waals surface area (Å²) in [6.07, 6.45) is 3.85. The second-order valence-corrected chi connectivity index (χ2v) is 5.92. The van der Waals surface area contributed by atoms with Crippen molar-refractivity contribution in [3.05, 3.63) is 23.8 Å². The molecule has 110 valence electrons. The van der Waals surface area contributed by atoms with Crippen LogP contribution in [0.5, 0.6) is 11.5 Å². The van der Waals surface area contributed by atoms with Gasteiger partial charge in [-0.3, -0.25) is 4.90 Å². The molecule has 1 fully saturated rings. The first-order valence-electron chi connectivity index (χ1n) is 7.62. The smallest absolute Gasteiger partial charge is 0.127 e. The number of hydrogen-bond acceptors (Lipinski definition) is 4. The van der Waals surface area contributed by atoms with Crippen LogP contribution in [0.25, 0.3) is 0 Å². The number of aromatic hydroxyl groups is 1. The first-order chi connectivity index (χ1) is 9.78. The minimum Gasteiger partial charge on any atom is -0.508 e. The van der Waals surface area contributed by atoms with Crippen LogP contribution in [-0.4, -0.2) is 43.3 Å². The summed E-state index contributed by atoms with van der Waals surface area (Å²) < 4.78 is 5.73. The number of piperidine rings is 1. The fourth-order valence-corrected chi connectivity index (χ4v) is 3.39. The topological polar surface area (TPSA) is 44.7 Å². The van der Waals surface area contributed by atoms with E-state index in [1.54, 1.807) is 12.1 Å². The summed E-state index contributed by atoms with van der Waals surface area (Å²) in [5, 5.41) is 12.8. The van der Waals surface area contributed by atoms with Crippen LogP contribution < -0.4 is 10.1 Å². The number of phenolic OH excluding ortho intramolecular Hbond substituents is 1. The molecule has 1 saturated heterocycles. The van der Waals surface area contributed by atoms with Gasteiger partial charge in [-0.25, -0.2) is 0 Å². The third-order valence-electron chi connectivity index (χ3n) is 4.65. The van der Waals surface area contributed by atoms with Crippen LogP contribution in [0, 0.1) is 5.92 Å². The van der Waals surface area contributed by atoms with E-state index in [0.29, 0.717) is 6.04 Å². The number of nitrogens with zero attached hydrogens (tertiary/aromatic N) is 1. The maximum atomic E-state index is 9.51. The molecule has 1 aromatic carbocycles. The summed E-state index contributed by atoms with van der Waals surface area (Å²) in [7, 11) is 2.03. The van der Waals surface area contributed by atoms with Crippen LogP contribution in [0.2, 0.25) is 0 Å². The molecule has 0 bridgehead atoms. The molecule has 3 rings (SSSR count). The number of rotatable bonds is 4. The van der Waals surface area contributed by atoms with Crippen LogP contribution in [0.15, 0.2) is 18.2 Å². The maximum absolute atomic E-state index is 9.51. The number of phenols is 1. The fourth-order valence-electron chi connectivity index (χ4n) is 3.39. The van der Waals surface area contributed by atoms with Gasteiger partial charge in [0.25, 0.3) is 0 Å². The van der Waals surface area contributed by atoms with E-state index < -0.39 is 0 Å². The molecular weight excluding hydrogens is 252 g/mol. The SMILES string of the molecule is CNCCC1CCN(C2COc3cc(O)ccc32)CC1. The first-order valence-corrected chi connectivity index (χ1v) is 7.62. The van der Waals surface area contributed by atoms with E-state index in [1.807, 2.05) is 13.1 Å². The van der Waals surface area contributed by atoms with Gasteiger partial charge in [-0.15, -0.1) is 0 Å². The molecule has 20 heavy (non-hydrogen) atoms. The fraction of sp³-hybridized carbons (Fsp3) is 0.625. The van der Waals surface area contributed by atoms with Gasteiger partial charge < -0.3 is 15.2 Å². The maximum Gasteiger partial charge on any atom is 0.127 e. The third kappa shape index (κ3) is 2.76. The second-order valence-electron chi connectivity index (χ2n) is 5.92. The van der Waals surface area contributed by atoms with Crippen molar-refractivity contribution in [3.8, 4) is 11.5 Å². The second kappa shape index (κ2) is 6.02. The van der Waals surface area contributed by atoms with Gasteiger partial charge in [-0.05, 0) is 64.0 Å². The predicted molar refractivity (Wildman–Crippen MR) is 79.2 cm³/mol. The van der Waals surface area contributed by atoms with Crippen molar-refractivity contribution < 1.29 is 9.84 Å². The molecular formula is C16H24N2O2. The van der Waals surface area contributed by atoms with Crippen molar-refractivity contribution >= 4 is 0 Å². The van der Waals surface area contributed by atoms with Gasteiger partial charge in [-0.2, -0.15) is 0 Å². The van der Waals surface area contributed by atoms with Crippen LogP contribution in [0.4, 0.5) is 0 Å². The zero-order chi connectivity index (χ0) is 13.9. The van der Waals surface area contributed by atoms with E-state index in [4.69, 9.17) is 4.74 Å². The van der Waals surface area contributed by atoms with E-state index in [0.717, 1.165) is 37.9 Å². The highest BCUT2D eigenvalue weighted by molar-refractivity contribution is 5.44. The molecule has 0 spiro atoms. The normalized spacial score (nSPS) is 23.6. The van der Waals surface area contributed by atoms with Crippen molar-refractivity contribution in [1.29, 1.82) is 0 Å². The first kappa shape index (κ1) is 13.7. The number of likely N-dealkylation sites (tertiary alicyclic amines) is 1. The highest BCUT2D eigenvalue weighted by Crippen LogP contribution is 2.39. The molecule has 4 nitrogen and oxygen atoms in total. The third-order valence-corrected chi connectivity index (χ3v) is 4.65. The Balaban J connectivity index is 1.60. The Bertz CT molecular complexity index is 456. The number of benzene rings is 1. The summed E-state index contributed by atoms with van der Waals surface area (Å²) in [5.74, 6) is 2.00. The Labute approximate surface area is 120 Å². The zero-order valence-corrected chi connectivity index (χ0v) is 12.1. The number of ether oxygens (including phenoxy) is 1. The highest BCUT2D eigenvalue weighted by atomic mass is 16.5. The molecule has 2 heterocycles. The quantitative estimate of drug-likeness (QED) is 0.884. The standard InChI is InChI=1S/C16H24N2O2/c1-17-7-4-12-5-8-18(9-6-12)15-11-20-16-10-13(19)2-3-14(15)16/h2-3,10,12,15,17,19H,4-9,11H2,1H3.